The zero-order chi connectivity index (χ0) is 13.4. The van der Waals surface area contributed by atoms with Gasteiger partial charge in [-0.05, 0) is 11.6 Å². The van der Waals surface area contributed by atoms with Gasteiger partial charge in [-0.1, -0.05) is 29.9 Å². The van der Waals surface area contributed by atoms with Crippen molar-refractivity contribution in [2.75, 3.05) is 19.6 Å². The van der Waals surface area contributed by atoms with E-state index >= 15 is 0 Å². The van der Waals surface area contributed by atoms with E-state index < -0.39 is 4.92 Å². The van der Waals surface area contributed by atoms with Crippen LogP contribution in [0.1, 0.15) is 5.56 Å². The van der Waals surface area contributed by atoms with Gasteiger partial charge in [0.1, 0.15) is 10.1 Å². The summed E-state index contributed by atoms with van der Waals surface area (Å²) in [4.78, 5) is 13.9. The SMILES string of the molecule is O=[N+]([O-])CC(=S)NCCNCc1ccc(Cl)nc1. The summed E-state index contributed by atoms with van der Waals surface area (Å²) in [6, 6.07) is 3.61. The molecule has 0 radical (unpaired) electrons. The van der Waals surface area contributed by atoms with Gasteiger partial charge in [-0.2, -0.15) is 0 Å². The molecule has 0 bridgehead atoms. The minimum absolute atomic E-state index is 0.245. The van der Waals surface area contributed by atoms with Gasteiger partial charge in [0.15, 0.2) is 0 Å². The summed E-state index contributed by atoms with van der Waals surface area (Å²) in [5, 5.41) is 16.6. The zero-order valence-corrected chi connectivity index (χ0v) is 11.1. The molecule has 8 heteroatoms. The Bertz CT molecular complexity index is 413. The molecule has 0 aliphatic carbocycles. The van der Waals surface area contributed by atoms with Crippen molar-refractivity contribution in [1.82, 2.24) is 15.6 Å². The number of rotatable bonds is 7. The fourth-order valence-corrected chi connectivity index (χ4v) is 1.53. The first-order chi connectivity index (χ1) is 8.58. The van der Waals surface area contributed by atoms with Gasteiger partial charge < -0.3 is 10.6 Å². The molecule has 1 rings (SSSR count). The van der Waals surface area contributed by atoms with E-state index in [0.29, 0.717) is 24.8 Å². The van der Waals surface area contributed by atoms with Crippen molar-refractivity contribution in [1.29, 1.82) is 0 Å². The van der Waals surface area contributed by atoms with Crippen LogP contribution >= 0.6 is 23.8 Å². The van der Waals surface area contributed by atoms with Gasteiger partial charge in [0.05, 0.1) is 0 Å². The summed E-state index contributed by atoms with van der Waals surface area (Å²) in [7, 11) is 0. The maximum Gasteiger partial charge on any atom is 0.253 e. The Labute approximate surface area is 115 Å². The first-order valence-corrected chi connectivity index (χ1v) is 6.06. The predicted octanol–water partition coefficient (Wildman–Crippen LogP) is 1.02. The van der Waals surface area contributed by atoms with Crippen molar-refractivity contribution < 1.29 is 4.92 Å². The highest BCUT2D eigenvalue weighted by molar-refractivity contribution is 7.80. The molecule has 0 aromatic carbocycles. The summed E-state index contributed by atoms with van der Waals surface area (Å²) >= 11 is 10.4. The van der Waals surface area contributed by atoms with Gasteiger partial charge >= 0.3 is 0 Å². The van der Waals surface area contributed by atoms with Gasteiger partial charge in [-0.3, -0.25) is 10.1 Å². The number of hydrogen-bond donors (Lipinski definition) is 2. The molecule has 0 fully saturated rings. The van der Waals surface area contributed by atoms with Crippen molar-refractivity contribution in [2.45, 2.75) is 6.54 Å². The molecule has 0 saturated carbocycles. The average molecular weight is 289 g/mol. The van der Waals surface area contributed by atoms with Crippen LogP contribution in [0.5, 0.6) is 0 Å². The smallest absolute Gasteiger partial charge is 0.253 e. The Morgan fingerprint density at radius 1 is 1.50 bits per heavy atom. The quantitative estimate of drug-likeness (QED) is 0.256. The highest BCUT2D eigenvalue weighted by atomic mass is 35.5. The van der Waals surface area contributed by atoms with E-state index in [-0.39, 0.29) is 11.5 Å². The Hall–Kier alpha value is -1.31. The fraction of sp³-hybridized carbons (Fsp3) is 0.400. The molecule has 18 heavy (non-hydrogen) atoms. The lowest BCUT2D eigenvalue weighted by Gasteiger charge is -2.06. The molecule has 0 aliphatic heterocycles. The van der Waals surface area contributed by atoms with Crippen LogP contribution in [0.4, 0.5) is 0 Å². The van der Waals surface area contributed by atoms with Crippen LogP contribution in [0, 0.1) is 10.1 Å². The van der Waals surface area contributed by atoms with Crippen LogP contribution < -0.4 is 10.6 Å². The van der Waals surface area contributed by atoms with E-state index in [1.54, 1.807) is 12.3 Å². The number of nitrogens with zero attached hydrogens (tertiary/aromatic N) is 2. The van der Waals surface area contributed by atoms with Crippen LogP contribution in [0.15, 0.2) is 18.3 Å². The van der Waals surface area contributed by atoms with Crippen LogP contribution in [0.25, 0.3) is 0 Å². The monoisotopic (exact) mass is 288 g/mol. The maximum atomic E-state index is 10.2. The average Bonchev–Trinajstić information content (AvgIpc) is 2.30. The Morgan fingerprint density at radius 3 is 2.89 bits per heavy atom. The van der Waals surface area contributed by atoms with E-state index in [1.165, 1.54) is 0 Å². The summed E-state index contributed by atoms with van der Waals surface area (Å²) < 4.78 is 0. The van der Waals surface area contributed by atoms with Gasteiger partial charge in [-0.15, -0.1) is 0 Å². The van der Waals surface area contributed by atoms with Crippen LogP contribution in [0.2, 0.25) is 5.15 Å². The Kier molecular flexibility index (Phi) is 6.48. The minimum Gasteiger partial charge on any atom is -0.373 e. The number of pyridine rings is 1. The molecule has 98 valence electrons. The molecule has 0 amide bonds. The van der Waals surface area contributed by atoms with Gasteiger partial charge in [0.2, 0.25) is 0 Å². The number of halogens is 1. The molecular formula is C10H13ClN4O2S. The molecule has 0 spiro atoms. The summed E-state index contributed by atoms with van der Waals surface area (Å²) in [5.41, 5.74) is 1.02. The third-order valence-electron chi connectivity index (χ3n) is 2.01. The molecule has 2 N–H and O–H groups in total. The lowest BCUT2D eigenvalue weighted by molar-refractivity contribution is -0.463. The highest BCUT2D eigenvalue weighted by Gasteiger charge is 2.02. The number of nitro groups is 1. The second-order valence-corrected chi connectivity index (χ2v) is 4.39. The number of aromatic nitrogens is 1. The Morgan fingerprint density at radius 2 is 2.28 bits per heavy atom. The number of hydrogen-bond acceptors (Lipinski definition) is 5. The molecule has 0 saturated heterocycles. The first kappa shape index (κ1) is 14.7. The number of nitrogens with one attached hydrogen (secondary N) is 2. The predicted molar refractivity (Wildman–Crippen MR) is 73.4 cm³/mol. The van der Waals surface area contributed by atoms with Crippen molar-refractivity contribution in [2.24, 2.45) is 0 Å². The molecule has 1 aromatic rings. The van der Waals surface area contributed by atoms with Crippen LogP contribution in [0.3, 0.4) is 0 Å². The van der Waals surface area contributed by atoms with Crippen molar-refractivity contribution in [3.8, 4) is 0 Å². The summed E-state index contributed by atoms with van der Waals surface area (Å²) in [5.74, 6) is 0. The third-order valence-corrected chi connectivity index (χ3v) is 2.51. The minimum atomic E-state index is -0.456. The zero-order valence-electron chi connectivity index (χ0n) is 9.56. The van der Waals surface area contributed by atoms with Gasteiger partial charge in [0, 0.05) is 30.8 Å². The van der Waals surface area contributed by atoms with E-state index in [9.17, 15) is 10.1 Å². The van der Waals surface area contributed by atoms with Gasteiger partial charge in [-0.25, -0.2) is 4.98 Å². The van der Waals surface area contributed by atoms with E-state index in [4.69, 9.17) is 23.8 Å². The lowest BCUT2D eigenvalue weighted by atomic mass is 10.3. The lowest BCUT2D eigenvalue weighted by Crippen LogP contribution is -2.34. The van der Waals surface area contributed by atoms with Crippen molar-refractivity contribution in [3.05, 3.63) is 39.2 Å². The fourth-order valence-electron chi connectivity index (χ4n) is 1.21. The van der Waals surface area contributed by atoms with Crippen molar-refractivity contribution in [3.63, 3.8) is 0 Å². The Balaban J connectivity index is 2.10. The topological polar surface area (TPSA) is 80.1 Å². The molecule has 0 aliphatic rings. The highest BCUT2D eigenvalue weighted by Crippen LogP contribution is 2.04. The molecule has 6 nitrogen and oxygen atoms in total. The molecule has 0 unspecified atom stereocenters. The third kappa shape index (κ3) is 6.43. The first-order valence-electron chi connectivity index (χ1n) is 5.27. The van der Waals surface area contributed by atoms with Gasteiger partial charge in [0.25, 0.3) is 6.54 Å². The summed E-state index contributed by atoms with van der Waals surface area (Å²) in [6.07, 6.45) is 1.69. The van der Waals surface area contributed by atoms with E-state index in [0.717, 1.165) is 5.56 Å². The normalized spacial score (nSPS) is 10.1. The molecule has 1 heterocycles. The van der Waals surface area contributed by atoms with Crippen LogP contribution in [-0.4, -0.2) is 34.5 Å². The largest absolute Gasteiger partial charge is 0.373 e. The second-order valence-electron chi connectivity index (χ2n) is 3.51. The summed E-state index contributed by atoms with van der Waals surface area (Å²) in [6.45, 7) is 1.54. The van der Waals surface area contributed by atoms with Crippen molar-refractivity contribution >= 4 is 28.8 Å². The molecule has 1 aromatic heterocycles. The number of thiocarbonyl (C=S) groups is 1. The molecule has 0 atom stereocenters. The maximum absolute atomic E-state index is 10.2. The standard InChI is InChI=1S/C10H13ClN4O2S/c11-9-2-1-8(6-14-9)5-12-3-4-13-10(18)7-15(16)17/h1-2,6,12H,3-5,7H2,(H,13,18). The van der Waals surface area contributed by atoms with E-state index in [2.05, 4.69) is 15.6 Å². The molecular weight excluding hydrogens is 276 g/mol. The second kappa shape index (κ2) is 7.91. The van der Waals surface area contributed by atoms with E-state index in [1.807, 2.05) is 6.07 Å². The van der Waals surface area contributed by atoms with Crippen LogP contribution in [-0.2, 0) is 6.54 Å².